The molecule has 2 atom stereocenters. The molecule has 0 aromatic heterocycles. The predicted octanol–water partition coefficient (Wildman–Crippen LogP) is 2.16. The Bertz CT molecular complexity index is 136. The van der Waals surface area contributed by atoms with Crippen molar-refractivity contribution < 1.29 is 0 Å². The Balaban J connectivity index is 2.84. The molecule has 1 rings (SSSR count). The second-order valence-corrected chi connectivity index (χ2v) is 4.58. The third kappa shape index (κ3) is 0.878. The number of hydrogen-bond donors (Lipinski definition) is 1. The molecule has 2 N–H and O–H groups in total. The van der Waals surface area contributed by atoms with E-state index in [-0.39, 0.29) is 5.54 Å². The van der Waals surface area contributed by atoms with Gasteiger partial charge in [-0.15, -0.1) is 0 Å². The molecule has 1 heteroatoms. The summed E-state index contributed by atoms with van der Waals surface area (Å²) in [6.45, 7) is 9.05. The molecule has 0 aromatic carbocycles. The third-order valence-corrected chi connectivity index (χ3v) is 3.80. The topological polar surface area (TPSA) is 26.0 Å². The highest BCUT2D eigenvalue weighted by Crippen LogP contribution is 2.47. The third-order valence-electron chi connectivity index (χ3n) is 3.80. The van der Waals surface area contributed by atoms with Crippen LogP contribution in [0.2, 0.25) is 0 Å². The monoisotopic (exact) mass is 141 g/mol. The summed E-state index contributed by atoms with van der Waals surface area (Å²) in [5, 5.41) is 0. The standard InChI is InChI=1S/C9H19N/c1-7-5-6-9(4,10)8(7,2)3/h7H,5-6,10H2,1-4H3/t7-,9+/m0/s1. The van der Waals surface area contributed by atoms with Gasteiger partial charge in [0.15, 0.2) is 0 Å². The van der Waals surface area contributed by atoms with Crippen LogP contribution in [0.4, 0.5) is 0 Å². The van der Waals surface area contributed by atoms with Crippen molar-refractivity contribution in [3.05, 3.63) is 0 Å². The highest BCUT2D eigenvalue weighted by Gasteiger charge is 2.46. The zero-order valence-corrected chi connectivity index (χ0v) is 7.57. The van der Waals surface area contributed by atoms with E-state index in [0.29, 0.717) is 5.41 Å². The fourth-order valence-electron chi connectivity index (χ4n) is 1.76. The van der Waals surface area contributed by atoms with Crippen LogP contribution in [0.25, 0.3) is 0 Å². The molecule has 1 fully saturated rings. The molecular weight excluding hydrogens is 122 g/mol. The first-order valence-corrected chi connectivity index (χ1v) is 4.17. The van der Waals surface area contributed by atoms with Gasteiger partial charge in [-0.05, 0) is 31.1 Å². The largest absolute Gasteiger partial charge is 0.325 e. The van der Waals surface area contributed by atoms with Crippen LogP contribution >= 0.6 is 0 Å². The van der Waals surface area contributed by atoms with Crippen LogP contribution in [-0.2, 0) is 0 Å². The van der Waals surface area contributed by atoms with E-state index in [9.17, 15) is 0 Å². The van der Waals surface area contributed by atoms with Gasteiger partial charge in [0.25, 0.3) is 0 Å². The number of nitrogens with two attached hydrogens (primary N) is 1. The minimum atomic E-state index is 0.0619. The Morgan fingerprint density at radius 3 is 1.90 bits per heavy atom. The number of rotatable bonds is 0. The quantitative estimate of drug-likeness (QED) is 0.549. The van der Waals surface area contributed by atoms with Crippen LogP contribution in [-0.4, -0.2) is 5.54 Å². The fraction of sp³-hybridized carbons (Fsp3) is 1.00. The van der Waals surface area contributed by atoms with Crippen molar-refractivity contribution in [2.45, 2.75) is 46.1 Å². The molecule has 0 saturated heterocycles. The molecule has 0 heterocycles. The summed E-state index contributed by atoms with van der Waals surface area (Å²) in [6, 6.07) is 0. The van der Waals surface area contributed by atoms with Crippen molar-refractivity contribution in [1.29, 1.82) is 0 Å². The van der Waals surface area contributed by atoms with Gasteiger partial charge in [0.05, 0.1) is 0 Å². The van der Waals surface area contributed by atoms with E-state index in [2.05, 4.69) is 27.7 Å². The zero-order chi connectivity index (χ0) is 7.99. The summed E-state index contributed by atoms with van der Waals surface area (Å²) in [5.74, 6) is 0.780. The van der Waals surface area contributed by atoms with Gasteiger partial charge in [-0.1, -0.05) is 20.8 Å². The maximum atomic E-state index is 6.15. The molecule has 1 aliphatic rings. The predicted molar refractivity (Wildman–Crippen MR) is 44.8 cm³/mol. The van der Waals surface area contributed by atoms with Gasteiger partial charge in [0, 0.05) is 5.54 Å². The van der Waals surface area contributed by atoms with Crippen LogP contribution in [0.1, 0.15) is 40.5 Å². The van der Waals surface area contributed by atoms with Crippen LogP contribution < -0.4 is 5.73 Å². The second-order valence-electron chi connectivity index (χ2n) is 4.58. The van der Waals surface area contributed by atoms with Crippen molar-refractivity contribution in [2.24, 2.45) is 17.1 Å². The first kappa shape index (κ1) is 8.06. The minimum Gasteiger partial charge on any atom is -0.325 e. The second kappa shape index (κ2) is 1.97. The van der Waals surface area contributed by atoms with E-state index in [4.69, 9.17) is 5.73 Å². The van der Waals surface area contributed by atoms with E-state index < -0.39 is 0 Å². The van der Waals surface area contributed by atoms with E-state index in [0.717, 1.165) is 5.92 Å². The first-order chi connectivity index (χ1) is 4.38. The van der Waals surface area contributed by atoms with Gasteiger partial charge in [0.2, 0.25) is 0 Å². The number of hydrogen-bond acceptors (Lipinski definition) is 1. The van der Waals surface area contributed by atoms with Gasteiger partial charge < -0.3 is 5.73 Å². The molecule has 0 amide bonds. The normalized spacial score (nSPS) is 45.9. The minimum absolute atomic E-state index is 0.0619. The molecule has 0 spiro atoms. The molecule has 1 aliphatic carbocycles. The molecule has 0 bridgehead atoms. The van der Waals surface area contributed by atoms with Crippen molar-refractivity contribution in [3.63, 3.8) is 0 Å². The molecule has 0 aromatic rings. The van der Waals surface area contributed by atoms with Crippen LogP contribution in [0, 0.1) is 11.3 Å². The molecule has 0 aliphatic heterocycles. The lowest BCUT2D eigenvalue weighted by molar-refractivity contribution is 0.176. The van der Waals surface area contributed by atoms with Gasteiger partial charge in [-0.25, -0.2) is 0 Å². The molecule has 0 unspecified atom stereocenters. The molecule has 1 saturated carbocycles. The summed E-state index contributed by atoms with van der Waals surface area (Å²) in [6.07, 6.45) is 2.47. The Labute approximate surface area is 64.0 Å². The fourth-order valence-corrected chi connectivity index (χ4v) is 1.76. The SMILES string of the molecule is C[C@H]1CC[C@@](C)(N)C1(C)C. The lowest BCUT2D eigenvalue weighted by Gasteiger charge is -2.37. The van der Waals surface area contributed by atoms with Crippen molar-refractivity contribution in [1.82, 2.24) is 0 Å². The summed E-state index contributed by atoms with van der Waals surface area (Å²) in [5.41, 5.74) is 6.53. The van der Waals surface area contributed by atoms with Crippen molar-refractivity contribution in [2.75, 3.05) is 0 Å². The van der Waals surface area contributed by atoms with E-state index in [1.165, 1.54) is 12.8 Å². The van der Waals surface area contributed by atoms with E-state index in [1.54, 1.807) is 0 Å². The van der Waals surface area contributed by atoms with Gasteiger partial charge >= 0.3 is 0 Å². The highest BCUT2D eigenvalue weighted by atomic mass is 14.8. The average molecular weight is 141 g/mol. The average Bonchev–Trinajstić information content (AvgIpc) is 1.94. The summed E-state index contributed by atoms with van der Waals surface area (Å²) in [7, 11) is 0. The van der Waals surface area contributed by atoms with Gasteiger partial charge in [0.1, 0.15) is 0 Å². The van der Waals surface area contributed by atoms with Crippen molar-refractivity contribution >= 4 is 0 Å². The van der Waals surface area contributed by atoms with Gasteiger partial charge in [-0.3, -0.25) is 0 Å². The maximum absolute atomic E-state index is 6.15. The molecular formula is C9H19N. The van der Waals surface area contributed by atoms with Crippen LogP contribution in [0.3, 0.4) is 0 Å². The zero-order valence-electron chi connectivity index (χ0n) is 7.57. The van der Waals surface area contributed by atoms with Crippen LogP contribution in [0.15, 0.2) is 0 Å². The van der Waals surface area contributed by atoms with Crippen molar-refractivity contribution in [3.8, 4) is 0 Å². The molecule has 10 heavy (non-hydrogen) atoms. The lowest BCUT2D eigenvalue weighted by atomic mass is 9.72. The Kier molecular flexibility index (Phi) is 1.59. The van der Waals surface area contributed by atoms with Gasteiger partial charge in [-0.2, -0.15) is 0 Å². The summed E-state index contributed by atoms with van der Waals surface area (Å²) in [4.78, 5) is 0. The molecule has 1 nitrogen and oxygen atoms in total. The first-order valence-electron chi connectivity index (χ1n) is 4.17. The van der Waals surface area contributed by atoms with Crippen LogP contribution in [0.5, 0.6) is 0 Å². The molecule has 60 valence electrons. The van der Waals surface area contributed by atoms with E-state index in [1.807, 2.05) is 0 Å². The summed E-state index contributed by atoms with van der Waals surface area (Å²) >= 11 is 0. The Morgan fingerprint density at radius 2 is 1.80 bits per heavy atom. The highest BCUT2D eigenvalue weighted by molar-refractivity contribution is 5.02. The maximum Gasteiger partial charge on any atom is 0.0180 e. The Hall–Kier alpha value is -0.0400. The summed E-state index contributed by atoms with van der Waals surface area (Å²) < 4.78 is 0. The smallest absolute Gasteiger partial charge is 0.0180 e. The Morgan fingerprint density at radius 1 is 1.30 bits per heavy atom. The lowest BCUT2D eigenvalue weighted by Crippen LogP contribution is -2.47. The van der Waals surface area contributed by atoms with E-state index >= 15 is 0 Å². The molecule has 0 radical (unpaired) electrons.